The molecule has 0 spiro atoms. The van der Waals surface area contributed by atoms with Gasteiger partial charge in [0, 0.05) is 6.04 Å². The van der Waals surface area contributed by atoms with Crippen molar-refractivity contribution in [1.82, 2.24) is 4.90 Å². The van der Waals surface area contributed by atoms with E-state index in [0.29, 0.717) is 0 Å². The van der Waals surface area contributed by atoms with Crippen LogP contribution in [0.1, 0.15) is 39.0 Å². The van der Waals surface area contributed by atoms with Gasteiger partial charge in [-0.2, -0.15) is 12.6 Å². The van der Waals surface area contributed by atoms with Crippen molar-refractivity contribution >= 4 is 12.6 Å². The summed E-state index contributed by atoms with van der Waals surface area (Å²) < 4.78 is 0. The standard InChI is InChI=1S/C10H21NS/c1-2-10-6-5-8-11(10)7-3-4-9-12/h10,12H,2-9H2,1H3. The second-order valence-electron chi connectivity index (χ2n) is 3.67. The molecule has 0 aromatic carbocycles. The van der Waals surface area contributed by atoms with E-state index in [1.807, 2.05) is 0 Å². The van der Waals surface area contributed by atoms with Gasteiger partial charge < -0.3 is 4.90 Å². The van der Waals surface area contributed by atoms with E-state index in [1.54, 1.807) is 0 Å². The highest BCUT2D eigenvalue weighted by Crippen LogP contribution is 2.19. The highest BCUT2D eigenvalue weighted by atomic mass is 32.1. The molecule has 0 N–H and O–H groups in total. The first kappa shape index (κ1) is 10.4. The summed E-state index contributed by atoms with van der Waals surface area (Å²) >= 11 is 4.22. The van der Waals surface area contributed by atoms with E-state index in [-0.39, 0.29) is 0 Å². The average molecular weight is 187 g/mol. The Morgan fingerprint density at radius 3 is 2.92 bits per heavy atom. The van der Waals surface area contributed by atoms with E-state index < -0.39 is 0 Å². The quantitative estimate of drug-likeness (QED) is 0.511. The largest absolute Gasteiger partial charge is 0.300 e. The summed E-state index contributed by atoms with van der Waals surface area (Å²) in [5.74, 6) is 1.05. The molecule has 1 fully saturated rings. The number of unbranched alkanes of at least 4 members (excludes halogenated alkanes) is 1. The first-order chi connectivity index (χ1) is 5.88. The van der Waals surface area contributed by atoms with Gasteiger partial charge >= 0.3 is 0 Å². The van der Waals surface area contributed by atoms with Gasteiger partial charge in [0.15, 0.2) is 0 Å². The molecule has 72 valence electrons. The first-order valence-electron chi connectivity index (χ1n) is 5.23. The van der Waals surface area contributed by atoms with Crippen molar-refractivity contribution in [1.29, 1.82) is 0 Å². The topological polar surface area (TPSA) is 3.24 Å². The van der Waals surface area contributed by atoms with Crippen LogP contribution in [0.5, 0.6) is 0 Å². The zero-order chi connectivity index (χ0) is 8.81. The lowest BCUT2D eigenvalue weighted by Crippen LogP contribution is -2.29. The fourth-order valence-corrected chi connectivity index (χ4v) is 2.30. The van der Waals surface area contributed by atoms with Crippen LogP contribution in [-0.4, -0.2) is 29.8 Å². The lowest BCUT2D eigenvalue weighted by atomic mass is 10.1. The normalized spacial score (nSPS) is 25.0. The number of thiol groups is 1. The number of hydrogen-bond acceptors (Lipinski definition) is 2. The van der Waals surface area contributed by atoms with Gasteiger partial charge in [-0.3, -0.25) is 0 Å². The third-order valence-corrected chi connectivity index (χ3v) is 3.14. The molecule has 0 aromatic heterocycles. The van der Waals surface area contributed by atoms with E-state index in [4.69, 9.17) is 0 Å². The summed E-state index contributed by atoms with van der Waals surface area (Å²) in [7, 11) is 0. The lowest BCUT2D eigenvalue weighted by molar-refractivity contribution is 0.245. The zero-order valence-corrected chi connectivity index (χ0v) is 9.02. The van der Waals surface area contributed by atoms with E-state index in [2.05, 4.69) is 24.5 Å². The van der Waals surface area contributed by atoms with Crippen LogP contribution in [0.4, 0.5) is 0 Å². The van der Waals surface area contributed by atoms with Gasteiger partial charge in [0.2, 0.25) is 0 Å². The number of hydrogen-bond donors (Lipinski definition) is 1. The molecule has 1 heterocycles. The van der Waals surface area contributed by atoms with Crippen LogP contribution in [0.25, 0.3) is 0 Å². The molecule has 1 rings (SSSR count). The third-order valence-electron chi connectivity index (χ3n) is 2.82. The van der Waals surface area contributed by atoms with Crippen LogP contribution in [0.2, 0.25) is 0 Å². The Bertz CT molecular complexity index is 116. The van der Waals surface area contributed by atoms with Crippen molar-refractivity contribution in [3.63, 3.8) is 0 Å². The zero-order valence-electron chi connectivity index (χ0n) is 8.13. The molecule has 0 aromatic rings. The SMILES string of the molecule is CCC1CCCN1CCCCS. The van der Waals surface area contributed by atoms with Gasteiger partial charge in [-0.15, -0.1) is 0 Å². The van der Waals surface area contributed by atoms with Crippen LogP contribution in [-0.2, 0) is 0 Å². The minimum absolute atomic E-state index is 0.893. The van der Waals surface area contributed by atoms with Crippen LogP contribution < -0.4 is 0 Å². The van der Waals surface area contributed by atoms with Gasteiger partial charge in [-0.25, -0.2) is 0 Å². The Kier molecular flexibility index (Phi) is 5.08. The van der Waals surface area contributed by atoms with Crippen LogP contribution >= 0.6 is 12.6 Å². The molecule has 1 atom stereocenters. The lowest BCUT2D eigenvalue weighted by Gasteiger charge is -2.22. The smallest absolute Gasteiger partial charge is 0.00931 e. The molecule has 1 nitrogen and oxygen atoms in total. The Balaban J connectivity index is 2.12. The van der Waals surface area contributed by atoms with Crippen molar-refractivity contribution in [2.75, 3.05) is 18.8 Å². The Morgan fingerprint density at radius 2 is 2.25 bits per heavy atom. The maximum absolute atomic E-state index is 4.22. The summed E-state index contributed by atoms with van der Waals surface area (Å²) in [6.07, 6.45) is 6.79. The monoisotopic (exact) mass is 187 g/mol. The van der Waals surface area contributed by atoms with E-state index >= 15 is 0 Å². The number of nitrogens with zero attached hydrogens (tertiary/aromatic N) is 1. The maximum atomic E-state index is 4.22. The van der Waals surface area contributed by atoms with Gasteiger partial charge in [0.25, 0.3) is 0 Å². The van der Waals surface area contributed by atoms with Gasteiger partial charge in [0.05, 0.1) is 0 Å². The summed E-state index contributed by atoms with van der Waals surface area (Å²) in [5, 5.41) is 0. The molecule has 0 amide bonds. The van der Waals surface area contributed by atoms with Gasteiger partial charge in [0.1, 0.15) is 0 Å². The van der Waals surface area contributed by atoms with Crippen LogP contribution in [0.3, 0.4) is 0 Å². The van der Waals surface area contributed by atoms with E-state index in [9.17, 15) is 0 Å². The van der Waals surface area contributed by atoms with Crippen molar-refractivity contribution in [2.24, 2.45) is 0 Å². The molecule has 1 aliphatic heterocycles. The van der Waals surface area contributed by atoms with Gasteiger partial charge in [-0.05, 0) is 50.9 Å². The van der Waals surface area contributed by atoms with Crippen molar-refractivity contribution in [3.05, 3.63) is 0 Å². The Hall–Kier alpha value is 0.310. The molecule has 2 heteroatoms. The predicted molar refractivity (Wildman–Crippen MR) is 58.0 cm³/mol. The molecule has 0 radical (unpaired) electrons. The summed E-state index contributed by atoms with van der Waals surface area (Å²) in [6.45, 7) is 4.95. The molecule has 0 saturated carbocycles. The van der Waals surface area contributed by atoms with E-state index in [0.717, 1.165) is 11.8 Å². The minimum Gasteiger partial charge on any atom is -0.300 e. The fraction of sp³-hybridized carbons (Fsp3) is 1.00. The molecular formula is C10H21NS. The third kappa shape index (κ3) is 2.98. The predicted octanol–water partition coefficient (Wildman–Crippen LogP) is 2.57. The summed E-state index contributed by atoms with van der Waals surface area (Å²) in [4.78, 5) is 2.66. The highest BCUT2D eigenvalue weighted by molar-refractivity contribution is 7.80. The highest BCUT2D eigenvalue weighted by Gasteiger charge is 2.21. The van der Waals surface area contributed by atoms with Crippen molar-refractivity contribution in [3.8, 4) is 0 Å². The van der Waals surface area contributed by atoms with Crippen molar-refractivity contribution in [2.45, 2.75) is 45.1 Å². The van der Waals surface area contributed by atoms with Crippen molar-refractivity contribution < 1.29 is 0 Å². The van der Waals surface area contributed by atoms with Crippen LogP contribution in [0, 0.1) is 0 Å². The Labute approximate surface area is 81.9 Å². The number of rotatable bonds is 5. The molecular weight excluding hydrogens is 166 g/mol. The fourth-order valence-electron chi connectivity index (χ4n) is 2.08. The minimum atomic E-state index is 0.893. The molecule has 12 heavy (non-hydrogen) atoms. The number of likely N-dealkylation sites (tertiary alicyclic amines) is 1. The molecule has 1 saturated heterocycles. The van der Waals surface area contributed by atoms with E-state index in [1.165, 1.54) is 45.2 Å². The van der Waals surface area contributed by atoms with Gasteiger partial charge in [-0.1, -0.05) is 6.92 Å². The van der Waals surface area contributed by atoms with Crippen LogP contribution in [0.15, 0.2) is 0 Å². The second-order valence-corrected chi connectivity index (χ2v) is 4.12. The Morgan fingerprint density at radius 1 is 1.42 bits per heavy atom. The second kappa shape index (κ2) is 5.87. The average Bonchev–Trinajstić information content (AvgIpc) is 2.52. The molecule has 1 aliphatic rings. The molecule has 0 aliphatic carbocycles. The molecule has 0 bridgehead atoms. The molecule has 1 unspecified atom stereocenters. The maximum Gasteiger partial charge on any atom is 0.00931 e. The summed E-state index contributed by atoms with van der Waals surface area (Å²) in [5.41, 5.74) is 0. The first-order valence-corrected chi connectivity index (χ1v) is 5.86. The summed E-state index contributed by atoms with van der Waals surface area (Å²) in [6, 6.07) is 0.893.